The van der Waals surface area contributed by atoms with Gasteiger partial charge in [-0.2, -0.15) is 0 Å². The fraction of sp³-hybridized carbons (Fsp3) is 0.458. The Bertz CT molecular complexity index is 882. The number of benzene rings is 1. The molecule has 5 nitrogen and oxygen atoms in total. The summed E-state index contributed by atoms with van der Waals surface area (Å²) in [5, 5.41) is 20.1. The van der Waals surface area contributed by atoms with Crippen LogP contribution in [0.15, 0.2) is 42.5 Å². The summed E-state index contributed by atoms with van der Waals surface area (Å²) >= 11 is 0. The second-order valence-corrected chi connectivity index (χ2v) is 7.96. The van der Waals surface area contributed by atoms with Gasteiger partial charge < -0.3 is 14.9 Å². The average molecular weight is 392 g/mol. The molecule has 0 saturated carbocycles. The summed E-state index contributed by atoms with van der Waals surface area (Å²) in [6.07, 6.45) is 3.24. The lowest BCUT2D eigenvalue weighted by atomic mass is 9.75. The highest BCUT2D eigenvalue weighted by atomic mass is 16.5. The molecule has 3 saturated heterocycles. The molecular formula is C24H28N2O3. The lowest BCUT2D eigenvalue weighted by Gasteiger charge is -2.47. The Kier molecular flexibility index (Phi) is 6.15. The van der Waals surface area contributed by atoms with Gasteiger partial charge in [-0.05, 0) is 37.6 Å². The van der Waals surface area contributed by atoms with Crippen LogP contribution in [0.1, 0.15) is 36.1 Å². The SMILES string of the molecule is OCCCOc1ccc(C#CC2(O)CN3CCC2CC3)c(Cc2ccccc2)n1. The third kappa shape index (κ3) is 4.79. The molecule has 0 amide bonds. The first kappa shape index (κ1) is 19.9. The number of nitrogens with zero attached hydrogens (tertiary/aromatic N) is 2. The van der Waals surface area contributed by atoms with Crippen LogP contribution in [0.3, 0.4) is 0 Å². The maximum Gasteiger partial charge on any atom is 0.213 e. The summed E-state index contributed by atoms with van der Waals surface area (Å²) in [6, 6.07) is 13.9. The van der Waals surface area contributed by atoms with E-state index in [1.54, 1.807) is 0 Å². The number of piperidine rings is 3. The van der Waals surface area contributed by atoms with Gasteiger partial charge in [-0.3, -0.25) is 4.90 Å². The van der Waals surface area contributed by atoms with Crippen molar-refractivity contribution in [2.75, 3.05) is 32.8 Å². The van der Waals surface area contributed by atoms with Gasteiger partial charge in [0.1, 0.15) is 5.60 Å². The molecule has 1 aromatic carbocycles. The smallest absolute Gasteiger partial charge is 0.213 e. The van der Waals surface area contributed by atoms with Crippen LogP contribution in [0.4, 0.5) is 0 Å². The van der Waals surface area contributed by atoms with Gasteiger partial charge in [0.25, 0.3) is 0 Å². The van der Waals surface area contributed by atoms with Crippen molar-refractivity contribution >= 4 is 0 Å². The Labute approximate surface area is 172 Å². The van der Waals surface area contributed by atoms with Gasteiger partial charge in [-0.1, -0.05) is 42.2 Å². The second kappa shape index (κ2) is 8.96. The van der Waals surface area contributed by atoms with Gasteiger partial charge in [0.2, 0.25) is 5.88 Å². The molecule has 0 spiro atoms. The maximum absolute atomic E-state index is 11.1. The van der Waals surface area contributed by atoms with E-state index in [0.717, 1.165) is 42.8 Å². The number of rotatable bonds is 6. The monoisotopic (exact) mass is 392 g/mol. The van der Waals surface area contributed by atoms with E-state index < -0.39 is 5.60 Å². The van der Waals surface area contributed by atoms with Gasteiger partial charge in [0.15, 0.2) is 0 Å². The van der Waals surface area contributed by atoms with E-state index in [1.807, 2.05) is 30.3 Å². The van der Waals surface area contributed by atoms with E-state index in [1.165, 1.54) is 0 Å². The number of aliphatic hydroxyl groups excluding tert-OH is 1. The van der Waals surface area contributed by atoms with E-state index in [0.29, 0.717) is 31.9 Å². The lowest BCUT2D eigenvalue weighted by Crippen LogP contribution is -2.58. The zero-order valence-corrected chi connectivity index (χ0v) is 16.7. The zero-order chi connectivity index (χ0) is 20.1. The number of pyridine rings is 1. The number of hydrogen-bond donors (Lipinski definition) is 2. The summed E-state index contributed by atoms with van der Waals surface area (Å²) in [5.74, 6) is 7.23. The van der Waals surface area contributed by atoms with E-state index >= 15 is 0 Å². The highest BCUT2D eigenvalue weighted by molar-refractivity contribution is 5.44. The Morgan fingerprint density at radius 3 is 2.62 bits per heavy atom. The van der Waals surface area contributed by atoms with E-state index in [9.17, 15) is 5.11 Å². The van der Waals surface area contributed by atoms with Crippen molar-refractivity contribution in [1.82, 2.24) is 9.88 Å². The number of ether oxygens (including phenoxy) is 1. The van der Waals surface area contributed by atoms with Crippen molar-refractivity contribution in [1.29, 1.82) is 0 Å². The minimum atomic E-state index is -0.934. The Balaban J connectivity index is 1.60. The summed E-state index contributed by atoms with van der Waals surface area (Å²) in [6.45, 7) is 3.28. The molecule has 4 heterocycles. The number of hydrogen-bond acceptors (Lipinski definition) is 5. The maximum atomic E-state index is 11.1. The van der Waals surface area contributed by atoms with Crippen molar-refractivity contribution in [3.8, 4) is 17.7 Å². The molecule has 2 aromatic rings. The van der Waals surface area contributed by atoms with Crippen LogP contribution >= 0.6 is 0 Å². The quantitative estimate of drug-likeness (QED) is 0.583. The fourth-order valence-electron chi connectivity index (χ4n) is 4.20. The largest absolute Gasteiger partial charge is 0.478 e. The Hall–Kier alpha value is -2.39. The molecule has 1 atom stereocenters. The van der Waals surface area contributed by atoms with Crippen LogP contribution in [-0.4, -0.2) is 58.5 Å². The van der Waals surface area contributed by atoms with Gasteiger partial charge in [-0.25, -0.2) is 4.98 Å². The van der Waals surface area contributed by atoms with Crippen LogP contribution in [0.5, 0.6) is 5.88 Å². The normalized spacial score (nSPS) is 25.3. The molecule has 0 radical (unpaired) electrons. The van der Waals surface area contributed by atoms with E-state index in [4.69, 9.17) is 9.84 Å². The fourth-order valence-corrected chi connectivity index (χ4v) is 4.20. The van der Waals surface area contributed by atoms with Gasteiger partial charge >= 0.3 is 0 Å². The zero-order valence-electron chi connectivity index (χ0n) is 16.7. The topological polar surface area (TPSA) is 65.8 Å². The summed E-state index contributed by atoms with van der Waals surface area (Å²) in [7, 11) is 0. The van der Waals surface area contributed by atoms with Crippen molar-refractivity contribution in [3.05, 3.63) is 59.3 Å². The molecule has 1 unspecified atom stereocenters. The van der Waals surface area contributed by atoms with Crippen molar-refractivity contribution < 1.29 is 14.9 Å². The molecule has 5 rings (SSSR count). The van der Waals surface area contributed by atoms with Crippen LogP contribution in [0, 0.1) is 17.8 Å². The molecule has 5 heteroatoms. The Morgan fingerprint density at radius 2 is 1.93 bits per heavy atom. The second-order valence-electron chi connectivity index (χ2n) is 7.96. The molecule has 3 fully saturated rings. The predicted molar refractivity (Wildman–Crippen MR) is 112 cm³/mol. The average Bonchev–Trinajstić information content (AvgIpc) is 2.75. The summed E-state index contributed by atoms with van der Waals surface area (Å²) < 4.78 is 5.66. The molecule has 3 aliphatic rings. The highest BCUT2D eigenvalue weighted by Crippen LogP contribution is 2.35. The first-order valence-corrected chi connectivity index (χ1v) is 10.4. The molecule has 152 valence electrons. The third-order valence-electron chi connectivity index (χ3n) is 5.86. The first-order chi connectivity index (χ1) is 14.2. The van der Waals surface area contributed by atoms with Crippen LogP contribution < -0.4 is 4.74 Å². The molecule has 2 N–H and O–H groups in total. The number of fused-ring (bicyclic) bond motifs is 3. The third-order valence-corrected chi connectivity index (χ3v) is 5.86. The lowest BCUT2D eigenvalue weighted by molar-refractivity contribution is -0.0713. The van der Waals surface area contributed by atoms with Gasteiger partial charge in [-0.15, -0.1) is 0 Å². The van der Waals surface area contributed by atoms with Crippen molar-refractivity contribution in [2.45, 2.75) is 31.3 Å². The van der Waals surface area contributed by atoms with Crippen LogP contribution in [-0.2, 0) is 6.42 Å². The molecule has 2 bridgehead atoms. The van der Waals surface area contributed by atoms with Crippen LogP contribution in [0.25, 0.3) is 0 Å². The molecule has 29 heavy (non-hydrogen) atoms. The molecule has 1 aromatic heterocycles. The highest BCUT2D eigenvalue weighted by Gasteiger charge is 2.44. The minimum Gasteiger partial charge on any atom is -0.478 e. The van der Waals surface area contributed by atoms with E-state index in [2.05, 4.69) is 33.9 Å². The van der Waals surface area contributed by atoms with Crippen molar-refractivity contribution in [2.24, 2.45) is 5.92 Å². The van der Waals surface area contributed by atoms with Crippen molar-refractivity contribution in [3.63, 3.8) is 0 Å². The number of aromatic nitrogens is 1. The standard InChI is InChI=1S/C24H28N2O3/c27-15-4-16-29-23-8-7-20(22(25-23)17-19-5-2-1-3-6-19)9-12-24(28)18-26-13-10-21(24)11-14-26/h1-3,5-8,21,27-28H,4,10-11,13-18H2. The van der Waals surface area contributed by atoms with Gasteiger partial charge in [0, 0.05) is 43.5 Å². The molecule has 0 aliphatic carbocycles. The van der Waals surface area contributed by atoms with E-state index in [-0.39, 0.29) is 12.5 Å². The van der Waals surface area contributed by atoms with Gasteiger partial charge in [0.05, 0.1) is 12.3 Å². The summed E-state index contributed by atoms with van der Waals surface area (Å²) in [4.78, 5) is 6.98. The number of aliphatic hydroxyl groups is 2. The minimum absolute atomic E-state index is 0.0944. The molecule has 3 aliphatic heterocycles. The molecular weight excluding hydrogens is 364 g/mol. The Morgan fingerprint density at radius 1 is 1.14 bits per heavy atom. The van der Waals surface area contributed by atoms with Crippen LogP contribution in [0.2, 0.25) is 0 Å². The summed E-state index contributed by atoms with van der Waals surface area (Å²) in [5.41, 5.74) is 1.89. The first-order valence-electron chi connectivity index (χ1n) is 10.4. The predicted octanol–water partition coefficient (Wildman–Crippen LogP) is 2.24.